The Morgan fingerprint density at radius 1 is 1.50 bits per heavy atom. The smallest absolute Gasteiger partial charge is 0.348 e. The minimum atomic E-state index is -0.344. The number of halogens is 1. The van der Waals surface area contributed by atoms with E-state index in [0.717, 1.165) is 10.1 Å². The van der Waals surface area contributed by atoms with E-state index in [-0.39, 0.29) is 11.8 Å². The van der Waals surface area contributed by atoms with Crippen LogP contribution in [0.15, 0.2) is 18.2 Å². The normalized spacial score (nSPS) is 10.7. The minimum Gasteiger partial charge on any atom is -0.462 e. The lowest BCUT2D eigenvalue weighted by Gasteiger charge is -1.96. The number of aryl methyl sites for hydroxylation is 1. The van der Waals surface area contributed by atoms with Gasteiger partial charge >= 0.3 is 5.97 Å². The Hall–Kier alpha value is -1.42. The maximum atomic E-state index is 13.3. The highest BCUT2D eigenvalue weighted by Crippen LogP contribution is 2.30. The molecule has 1 aromatic carbocycles. The molecular weight excluding hydrogens is 227 g/mol. The Labute approximate surface area is 96.7 Å². The van der Waals surface area contributed by atoms with Crippen LogP contribution in [0, 0.1) is 12.7 Å². The molecule has 1 aromatic heterocycles. The van der Waals surface area contributed by atoms with E-state index >= 15 is 0 Å². The Kier molecular flexibility index (Phi) is 2.92. The van der Waals surface area contributed by atoms with Crippen molar-refractivity contribution in [2.45, 2.75) is 13.8 Å². The zero-order valence-electron chi connectivity index (χ0n) is 9.04. The van der Waals surface area contributed by atoms with Gasteiger partial charge in [-0.2, -0.15) is 0 Å². The van der Waals surface area contributed by atoms with E-state index < -0.39 is 0 Å². The summed E-state index contributed by atoms with van der Waals surface area (Å²) in [6.07, 6.45) is 0. The Bertz CT molecular complexity index is 545. The van der Waals surface area contributed by atoms with Crippen LogP contribution in [0.5, 0.6) is 0 Å². The van der Waals surface area contributed by atoms with Gasteiger partial charge in [-0.25, -0.2) is 9.18 Å². The van der Waals surface area contributed by atoms with Crippen molar-refractivity contribution >= 4 is 27.4 Å². The molecule has 0 radical (unpaired) electrons. The molecule has 84 valence electrons. The average Bonchev–Trinajstić information content (AvgIpc) is 2.69. The van der Waals surface area contributed by atoms with Crippen LogP contribution < -0.4 is 0 Å². The van der Waals surface area contributed by atoms with Crippen LogP contribution in [0.1, 0.15) is 22.2 Å². The predicted molar refractivity (Wildman–Crippen MR) is 62.5 cm³/mol. The fraction of sp³-hybridized carbons (Fsp3) is 0.250. The van der Waals surface area contributed by atoms with E-state index in [9.17, 15) is 9.18 Å². The number of fused-ring (bicyclic) bond motifs is 1. The lowest BCUT2D eigenvalue weighted by Crippen LogP contribution is -2.01. The number of thiophene rings is 1. The first-order valence-electron chi connectivity index (χ1n) is 4.99. The number of carbonyl (C=O) groups is 1. The number of ether oxygens (including phenoxy) is 1. The third kappa shape index (κ3) is 1.80. The second-order valence-electron chi connectivity index (χ2n) is 3.42. The number of hydrogen-bond donors (Lipinski definition) is 0. The highest BCUT2D eigenvalue weighted by atomic mass is 32.1. The molecule has 2 rings (SSSR count). The van der Waals surface area contributed by atoms with Crippen molar-refractivity contribution in [2.24, 2.45) is 0 Å². The summed E-state index contributed by atoms with van der Waals surface area (Å²) in [6.45, 7) is 3.82. The number of carbonyl (C=O) groups excluding carboxylic acids is 1. The molecule has 0 saturated heterocycles. The highest BCUT2D eigenvalue weighted by molar-refractivity contribution is 7.21. The van der Waals surface area contributed by atoms with Crippen molar-refractivity contribution in [3.8, 4) is 0 Å². The van der Waals surface area contributed by atoms with Crippen LogP contribution in [-0.2, 0) is 4.74 Å². The molecule has 0 spiro atoms. The molecule has 0 aliphatic rings. The minimum absolute atomic E-state index is 0.246. The van der Waals surface area contributed by atoms with Gasteiger partial charge in [0.25, 0.3) is 0 Å². The van der Waals surface area contributed by atoms with Gasteiger partial charge in [0.2, 0.25) is 0 Å². The number of hydrogen-bond acceptors (Lipinski definition) is 3. The molecule has 2 aromatic rings. The maximum Gasteiger partial charge on any atom is 0.348 e. The van der Waals surface area contributed by atoms with E-state index in [2.05, 4.69) is 0 Å². The lowest BCUT2D eigenvalue weighted by atomic mass is 10.2. The van der Waals surface area contributed by atoms with Crippen LogP contribution in [0.2, 0.25) is 0 Å². The van der Waals surface area contributed by atoms with Crippen molar-refractivity contribution in [1.82, 2.24) is 0 Å². The van der Waals surface area contributed by atoms with E-state index in [1.165, 1.54) is 17.4 Å². The van der Waals surface area contributed by atoms with E-state index in [4.69, 9.17) is 4.74 Å². The zero-order valence-corrected chi connectivity index (χ0v) is 9.86. The number of benzene rings is 1. The monoisotopic (exact) mass is 238 g/mol. The second kappa shape index (κ2) is 4.22. The van der Waals surface area contributed by atoms with Gasteiger partial charge in [-0.3, -0.25) is 0 Å². The van der Waals surface area contributed by atoms with Gasteiger partial charge < -0.3 is 4.74 Å². The first-order chi connectivity index (χ1) is 7.63. The van der Waals surface area contributed by atoms with E-state index in [0.29, 0.717) is 17.0 Å². The van der Waals surface area contributed by atoms with Crippen molar-refractivity contribution in [3.63, 3.8) is 0 Å². The topological polar surface area (TPSA) is 26.3 Å². The molecule has 0 atom stereocenters. The molecule has 4 heteroatoms. The van der Waals surface area contributed by atoms with E-state index in [1.807, 2.05) is 0 Å². The van der Waals surface area contributed by atoms with Crippen molar-refractivity contribution in [3.05, 3.63) is 34.5 Å². The molecule has 0 saturated carbocycles. The van der Waals surface area contributed by atoms with Crippen LogP contribution in [-0.4, -0.2) is 12.6 Å². The number of esters is 1. The van der Waals surface area contributed by atoms with Crippen molar-refractivity contribution in [1.29, 1.82) is 0 Å². The molecule has 0 aliphatic carbocycles. The average molecular weight is 238 g/mol. The Morgan fingerprint density at radius 3 is 2.94 bits per heavy atom. The molecule has 1 heterocycles. The first kappa shape index (κ1) is 11.1. The van der Waals surface area contributed by atoms with Gasteiger partial charge in [-0.1, -0.05) is 6.07 Å². The van der Waals surface area contributed by atoms with Gasteiger partial charge in [0.15, 0.2) is 0 Å². The highest BCUT2D eigenvalue weighted by Gasteiger charge is 2.13. The lowest BCUT2D eigenvalue weighted by molar-refractivity contribution is 0.0532. The molecule has 0 fully saturated rings. The maximum absolute atomic E-state index is 13.3. The molecule has 0 N–H and O–H groups in total. The summed E-state index contributed by atoms with van der Waals surface area (Å²) in [5, 5.41) is 0.881. The third-order valence-electron chi connectivity index (χ3n) is 2.35. The second-order valence-corrected chi connectivity index (χ2v) is 4.47. The standard InChI is InChI=1S/C12H11FO2S/c1-3-15-12(14)10-6-8-4-5-9(13)7(2)11(8)16-10/h4-6H,3H2,1-2H3. The van der Waals surface area contributed by atoms with Gasteiger partial charge in [0.05, 0.1) is 6.61 Å². The predicted octanol–water partition coefficient (Wildman–Crippen LogP) is 3.53. The van der Waals surface area contributed by atoms with Crippen LogP contribution in [0.3, 0.4) is 0 Å². The third-order valence-corrected chi connectivity index (χ3v) is 3.60. The summed E-state index contributed by atoms with van der Waals surface area (Å²) >= 11 is 1.27. The van der Waals surface area contributed by atoms with Crippen LogP contribution in [0.25, 0.3) is 10.1 Å². The largest absolute Gasteiger partial charge is 0.462 e. The summed E-state index contributed by atoms with van der Waals surface area (Å²) in [5.74, 6) is -0.590. The molecule has 0 aliphatic heterocycles. The fourth-order valence-electron chi connectivity index (χ4n) is 1.52. The Balaban J connectivity index is 2.52. The van der Waals surface area contributed by atoms with Gasteiger partial charge in [-0.05, 0) is 31.4 Å². The molecular formula is C12H11FO2S. The van der Waals surface area contributed by atoms with Crippen molar-refractivity contribution < 1.29 is 13.9 Å². The Morgan fingerprint density at radius 2 is 2.25 bits per heavy atom. The fourth-order valence-corrected chi connectivity index (χ4v) is 2.56. The summed E-state index contributed by atoms with van der Waals surface area (Å²) in [4.78, 5) is 12.0. The first-order valence-corrected chi connectivity index (χ1v) is 5.81. The summed E-state index contributed by atoms with van der Waals surface area (Å²) in [5.41, 5.74) is 0.582. The molecule has 0 amide bonds. The van der Waals surface area contributed by atoms with Crippen LogP contribution in [0.4, 0.5) is 4.39 Å². The number of rotatable bonds is 2. The van der Waals surface area contributed by atoms with Crippen molar-refractivity contribution in [2.75, 3.05) is 6.61 Å². The zero-order chi connectivity index (χ0) is 11.7. The molecule has 16 heavy (non-hydrogen) atoms. The SMILES string of the molecule is CCOC(=O)c1cc2ccc(F)c(C)c2s1. The summed E-state index contributed by atoms with van der Waals surface area (Å²) in [7, 11) is 0. The van der Waals surface area contributed by atoms with E-state index in [1.54, 1.807) is 26.0 Å². The van der Waals surface area contributed by atoms with Gasteiger partial charge in [0, 0.05) is 10.3 Å². The molecule has 0 bridgehead atoms. The molecule has 2 nitrogen and oxygen atoms in total. The van der Waals surface area contributed by atoms with Crippen LogP contribution >= 0.6 is 11.3 Å². The van der Waals surface area contributed by atoms with Gasteiger partial charge in [-0.15, -0.1) is 11.3 Å². The summed E-state index contributed by atoms with van der Waals surface area (Å²) < 4.78 is 19.0. The molecule has 0 unspecified atom stereocenters. The van der Waals surface area contributed by atoms with Gasteiger partial charge in [0.1, 0.15) is 10.7 Å². The summed E-state index contributed by atoms with van der Waals surface area (Å²) in [6, 6.07) is 4.83. The quantitative estimate of drug-likeness (QED) is 0.748.